The molecule has 0 fully saturated rings. The van der Waals surface area contributed by atoms with Crippen molar-refractivity contribution in [2.75, 3.05) is 6.54 Å². The number of unbranched alkanes of at least 4 members (excludes halogenated alkanes) is 15. The van der Waals surface area contributed by atoms with Gasteiger partial charge in [0.2, 0.25) is 5.91 Å². The van der Waals surface area contributed by atoms with Crippen LogP contribution in [-0.4, -0.2) is 35.6 Å². The predicted octanol–water partition coefficient (Wildman–Crippen LogP) is 12.5. The summed E-state index contributed by atoms with van der Waals surface area (Å²) in [5, 5.41) is 11.1. The van der Waals surface area contributed by atoms with Crippen LogP contribution in [0.2, 0.25) is 0 Å². The first-order valence-corrected chi connectivity index (χ1v) is 20.4. The standard InChI is InChI=1S/C44H75NO5/c1-3-5-7-9-11-13-15-17-18-20-22-24-26-31-35-39-44(49)50-41(37-33-29-27-30-34-38-42(46)45-40-43(47)48)36-32-28-25-23-21-19-16-14-12-10-8-6-4-2/h5,7,11,13,17-18,22-25,41H,3-4,6,8-10,12,14-16,19-21,26-40H2,1-2H3,(H,45,46)(H,47,48)/b7-5-,13-11-,18-17-,24-22-,25-23-. The van der Waals surface area contributed by atoms with E-state index in [1.165, 1.54) is 51.4 Å². The first kappa shape index (κ1) is 47.1. The van der Waals surface area contributed by atoms with Crippen molar-refractivity contribution in [1.82, 2.24) is 5.32 Å². The van der Waals surface area contributed by atoms with Gasteiger partial charge in [-0.2, -0.15) is 0 Å². The van der Waals surface area contributed by atoms with Crippen LogP contribution in [-0.2, 0) is 19.1 Å². The Morgan fingerprint density at radius 2 is 1.00 bits per heavy atom. The van der Waals surface area contributed by atoms with Crippen molar-refractivity contribution in [3.05, 3.63) is 60.8 Å². The highest BCUT2D eigenvalue weighted by molar-refractivity contribution is 5.80. The van der Waals surface area contributed by atoms with Gasteiger partial charge in [0.05, 0.1) is 0 Å². The first-order valence-electron chi connectivity index (χ1n) is 20.4. The molecule has 0 heterocycles. The van der Waals surface area contributed by atoms with Gasteiger partial charge in [-0.3, -0.25) is 14.4 Å². The summed E-state index contributed by atoms with van der Waals surface area (Å²) in [5.41, 5.74) is 0. The zero-order valence-electron chi connectivity index (χ0n) is 32.2. The molecule has 0 aliphatic heterocycles. The van der Waals surface area contributed by atoms with Crippen molar-refractivity contribution in [2.45, 2.75) is 193 Å². The number of carboxylic acid groups (broad SMARTS) is 1. The van der Waals surface area contributed by atoms with Gasteiger partial charge in [0.25, 0.3) is 0 Å². The van der Waals surface area contributed by atoms with Crippen molar-refractivity contribution in [3.63, 3.8) is 0 Å². The van der Waals surface area contributed by atoms with Gasteiger partial charge in [0.15, 0.2) is 0 Å². The molecule has 0 aliphatic rings. The molecule has 2 N–H and O–H groups in total. The van der Waals surface area contributed by atoms with E-state index in [4.69, 9.17) is 9.84 Å². The third-order valence-electron chi connectivity index (χ3n) is 8.67. The normalized spacial score (nSPS) is 12.7. The highest BCUT2D eigenvalue weighted by atomic mass is 16.5. The summed E-state index contributed by atoms with van der Waals surface area (Å²) in [5.74, 6) is -1.30. The van der Waals surface area contributed by atoms with Crippen molar-refractivity contribution in [2.24, 2.45) is 0 Å². The molecule has 1 atom stereocenters. The summed E-state index contributed by atoms with van der Waals surface area (Å²) in [6.07, 6.45) is 50.5. The zero-order valence-corrected chi connectivity index (χ0v) is 32.2. The quantitative estimate of drug-likeness (QED) is 0.0386. The third-order valence-corrected chi connectivity index (χ3v) is 8.67. The molecule has 0 bridgehead atoms. The van der Waals surface area contributed by atoms with Gasteiger partial charge < -0.3 is 15.2 Å². The number of carbonyl (C=O) groups excluding carboxylic acids is 2. The van der Waals surface area contributed by atoms with E-state index in [1.807, 2.05) is 0 Å². The summed E-state index contributed by atoms with van der Waals surface area (Å²) in [7, 11) is 0. The summed E-state index contributed by atoms with van der Waals surface area (Å²) in [6, 6.07) is 0. The second-order valence-electron chi connectivity index (χ2n) is 13.5. The number of ether oxygens (including phenoxy) is 1. The molecule has 1 unspecified atom stereocenters. The van der Waals surface area contributed by atoms with Crippen LogP contribution < -0.4 is 5.32 Å². The Balaban J connectivity index is 4.32. The minimum absolute atomic E-state index is 0.0280. The minimum Gasteiger partial charge on any atom is -0.480 e. The molecule has 0 spiro atoms. The molecule has 0 aromatic heterocycles. The van der Waals surface area contributed by atoms with Crippen molar-refractivity contribution >= 4 is 17.8 Å². The Morgan fingerprint density at radius 1 is 0.540 bits per heavy atom. The van der Waals surface area contributed by atoms with Crippen LogP contribution >= 0.6 is 0 Å². The predicted molar refractivity (Wildman–Crippen MR) is 212 cm³/mol. The molecule has 6 heteroatoms. The minimum atomic E-state index is -1.02. The Kier molecular flexibility index (Phi) is 36.7. The number of carbonyl (C=O) groups is 3. The number of nitrogens with one attached hydrogen (secondary N) is 1. The second-order valence-corrected chi connectivity index (χ2v) is 13.5. The van der Waals surface area contributed by atoms with E-state index in [1.54, 1.807) is 0 Å². The van der Waals surface area contributed by atoms with Gasteiger partial charge in [-0.15, -0.1) is 0 Å². The fraction of sp³-hybridized carbons (Fsp3) is 0.705. The van der Waals surface area contributed by atoms with E-state index < -0.39 is 5.97 Å². The summed E-state index contributed by atoms with van der Waals surface area (Å²) >= 11 is 0. The van der Waals surface area contributed by atoms with Crippen LogP contribution in [0.25, 0.3) is 0 Å². The van der Waals surface area contributed by atoms with Gasteiger partial charge in [0.1, 0.15) is 12.6 Å². The van der Waals surface area contributed by atoms with Crippen LogP contribution in [0.3, 0.4) is 0 Å². The maximum absolute atomic E-state index is 12.7. The summed E-state index contributed by atoms with van der Waals surface area (Å²) in [6.45, 7) is 4.10. The number of amides is 1. The lowest BCUT2D eigenvalue weighted by atomic mass is 10.0. The van der Waals surface area contributed by atoms with E-state index in [9.17, 15) is 14.4 Å². The van der Waals surface area contributed by atoms with Crippen LogP contribution in [0.5, 0.6) is 0 Å². The average Bonchev–Trinajstić information content (AvgIpc) is 3.10. The Hall–Kier alpha value is -2.89. The largest absolute Gasteiger partial charge is 0.480 e. The third kappa shape index (κ3) is 37.9. The molecule has 0 saturated carbocycles. The molecular weight excluding hydrogens is 622 g/mol. The first-order chi connectivity index (χ1) is 24.5. The van der Waals surface area contributed by atoms with Gasteiger partial charge in [-0.25, -0.2) is 0 Å². The molecule has 0 saturated heterocycles. The Morgan fingerprint density at radius 3 is 1.62 bits per heavy atom. The van der Waals surface area contributed by atoms with E-state index in [0.29, 0.717) is 12.8 Å². The van der Waals surface area contributed by atoms with Gasteiger partial charge in [0, 0.05) is 12.8 Å². The van der Waals surface area contributed by atoms with Crippen molar-refractivity contribution in [3.8, 4) is 0 Å². The number of rotatable bonds is 36. The highest BCUT2D eigenvalue weighted by Gasteiger charge is 2.14. The van der Waals surface area contributed by atoms with Gasteiger partial charge >= 0.3 is 11.9 Å². The lowest BCUT2D eigenvalue weighted by molar-refractivity contribution is -0.150. The van der Waals surface area contributed by atoms with E-state index in [0.717, 1.165) is 109 Å². The van der Waals surface area contributed by atoms with Crippen LogP contribution in [0.4, 0.5) is 0 Å². The van der Waals surface area contributed by atoms with Crippen molar-refractivity contribution in [1.29, 1.82) is 0 Å². The molecular formula is C44H75NO5. The zero-order chi connectivity index (χ0) is 36.6. The molecule has 0 aromatic carbocycles. The van der Waals surface area contributed by atoms with Crippen LogP contribution in [0.1, 0.15) is 187 Å². The number of allylic oxidation sites excluding steroid dienone is 10. The highest BCUT2D eigenvalue weighted by Crippen LogP contribution is 2.17. The molecule has 50 heavy (non-hydrogen) atoms. The fourth-order valence-electron chi connectivity index (χ4n) is 5.68. The smallest absolute Gasteiger partial charge is 0.322 e. The number of hydrogen-bond donors (Lipinski definition) is 2. The molecule has 1 amide bonds. The van der Waals surface area contributed by atoms with Crippen LogP contribution in [0.15, 0.2) is 60.8 Å². The lowest BCUT2D eigenvalue weighted by Crippen LogP contribution is -2.28. The molecule has 0 radical (unpaired) electrons. The molecule has 0 aromatic rings. The maximum Gasteiger partial charge on any atom is 0.322 e. The number of carboxylic acids is 1. The van der Waals surface area contributed by atoms with Gasteiger partial charge in [-0.1, -0.05) is 139 Å². The average molecular weight is 698 g/mol. The summed E-state index contributed by atoms with van der Waals surface area (Å²) in [4.78, 5) is 35.0. The SMILES string of the molecule is CC/C=C\C/C=C\C/C=C\C/C=C\CCCCC(=O)OC(CCC/C=C\CCCCCCCCCC)CCCCCCCC(=O)NCC(=O)O. The molecule has 286 valence electrons. The number of esters is 1. The second kappa shape index (κ2) is 38.9. The lowest BCUT2D eigenvalue weighted by Gasteiger charge is -2.18. The van der Waals surface area contributed by atoms with E-state index >= 15 is 0 Å². The van der Waals surface area contributed by atoms with Gasteiger partial charge in [-0.05, 0) is 96.3 Å². The Labute approximate surface area is 307 Å². The fourth-order valence-corrected chi connectivity index (χ4v) is 5.68. The van der Waals surface area contributed by atoms with E-state index in [-0.39, 0.29) is 24.5 Å². The maximum atomic E-state index is 12.7. The topological polar surface area (TPSA) is 92.7 Å². The monoisotopic (exact) mass is 698 g/mol. The molecule has 6 nitrogen and oxygen atoms in total. The molecule has 0 aliphatic carbocycles. The summed E-state index contributed by atoms with van der Waals surface area (Å²) < 4.78 is 5.98. The Bertz CT molecular complexity index is 948. The number of hydrogen-bond acceptors (Lipinski definition) is 4. The van der Waals surface area contributed by atoms with E-state index in [2.05, 4.69) is 79.9 Å². The number of aliphatic carboxylic acids is 1. The van der Waals surface area contributed by atoms with Crippen LogP contribution in [0, 0.1) is 0 Å². The molecule has 0 rings (SSSR count). The van der Waals surface area contributed by atoms with Crippen molar-refractivity contribution < 1.29 is 24.2 Å².